The quantitative estimate of drug-likeness (QED) is 0.136. The van der Waals surface area contributed by atoms with Crippen molar-refractivity contribution in [2.24, 2.45) is 5.41 Å². The monoisotopic (exact) mass is 791 g/mol. The van der Waals surface area contributed by atoms with Crippen molar-refractivity contribution in [1.82, 2.24) is 0 Å². The van der Waals surface area contributed by atoms with E-state index in [1.54, 1.807) is 11.1 Å². The molecule has 0 N–H and O–H groups in total. The van der Waals surface area contributed by atoms with Crippen molar-refractivity contribution in [2.45, 2.75) is 135 Å². The largest absolute Gasteiger partial charge is 0.311 e. The summed E-state index contributed by atoms with van der Waals surface area (Å²) in [5, 5.41) is 0. The zero-order valence-corrected chi connectivity index (χ0v) is 36.9. The second-order valence-corrected chi connectivity index (χ2v) is 19.0. The van der Waals surface area contributed by atoms with Gasteiger partial charge in [0.2, 0.25) is 0 Å². The topological polar surface area (TPSA) is 6.48 Å². The first-order chi connectivity index (χ1) is 29.3. The molecule has 308 valence electrons. The summed E-state index contributed by atoms with van der Waals surface area (Å²) < 4.78 is 0. The molecule has 2 heteroatoms. The highest BCUT2D eigenvalue weighted by Crippen LogP contribution is 2.69. The highest BCUT2D eigenvalue weighted by Gasteiger charge is 2.63. The summed E-state index contributed by atoms with van der Waals surface area (Å²) in [6.07, 6.45) is 20.0. The number of rotatable bonds is 10. The number of hydrogen-bond acceptors (Lipinski definition) is 2. The third-order valence-corrected chi connectivity index (χ3v) is 15.5. The van der Waals surface area contributed by atoms with Gasteiger partial charge in [0.25, 0.3) is 0 Å². The van der Waals surface area contributed by atoms with Crippen LogP contribution in [0.5, 0.6) is 0 Å². The van der Waals surface area contributed by atoms with Gasteiger partial charge >= 0.3 is 0 Å². The predicted molar refractivity (Wildman–Crippen MR) is 256 cm³/mol. The highest BCUT2D eigenvalue weighted by molar-refractivity contribution is 5.78. The second kappa shape index (κ2) is 17.1. The Hall–Kier alpha value is -5.08. The fourth-order valence-corrected chi connectivity index (χ4v) is 12.5. The standard InChI is InChI=1S/C58H66N2/c1-44-14-26-50(27-15-44)59(51-28-16-45(2)17-29-51)54-34-22-48(23-35-54)56(38-8-5-9-39-56)58(42-12-7-13-43-58)57(40-10-6-11-41-57)49-24-36-55(37-25-49)60(52-30-18-46(3)19-31-52)53-32-20-47(4)21-33-53/h14-37H,5-13,38-43H2,1-4H3. The lowest BCUT2D eigenvalue weighted by Crippen LogP contribution is -2.60. The molecule has 3 saturated carbocycles. The van der Waals surface area contributed by atoms with Crippen LogP contribution < -0.4 is 9.80 Å². The zero-order valence-electron chi connectivity index (χ0n) is 36.9. The van der Waals surface area contributed by atoms with Crippen molar-refractivity contribution < 1.29 is 0 Å². The van der Waals surface area contributed by atoms with E-state index in [-0.39, 0.29) is 16.2 Å². The van der Waals surface area contributed by atoms with E-state index in [2.05, 4.69) is 183 Å². The minimum atomic E-state index is 0.147. The van der Waals surface area contributed by atoms with Crippen LogP contribution in [-0.4, -0.2) is 0 Å². The normalized spacial score (nSPS) is 18.4. The van der Waals surface area contributed by atoms with Crippen LogP contribution in [0.25, 0.3) is 0 Å². The van der Waals surface area contributed by atoms with Crippen LogP contribution in [0.15, 0.2) is 146 Å². The molecule has 9 rings (SSSR count). The molecule has 3 fully saturated rings. The van der Waals surface area contributed by atoms with Crippen LogP contribution >= 0.6 is 0 Å². The van der Waals surface area contributed by atoms with Crippen LogP contribution in [0.4, 0.5) is 34.1 Å². The van der Waals surface area contributed by atoms with Crippen molar-refractivity contribution in [3.63, 3.8) is 0 Å². The molecule has 0 unspecified atom stereocenters. The van der Waals surface area contributed by atoms with E-state index in [1.807, 2.05) is 0 Å². The van der Waals surface area contributed by atoms with Crippen molar-refractivity contribution in [3.05, 3.63) is 179 Å². The Morgan fingerprint density at radius 1 is 0.267 bits per heavy atom. The number of benzene rings is 6. The lowest BCUT2D eigenvalue weighted by atomic mass is 9.38. The van der Waals surface area contributed by atoms with Gasteiger partial charge in [-0.1, -0.05) is 153 Å². The Balaban J connectivity index is 1.15. The maximum absolute atomic E-state index is 2.59. The lowest BCUT2D eigenvalue weighted by Gasteiger charge is -2.65. The third-order valence-electron chi connectivity index (χ3n) is 15.5. The third kappa shape index (κ3) is 7.39. The molecule has 60 heavy (non-hydrogen) atoms. The fraction of sp³-hybridized carbons (Fsp3) is 0.379. The molecular weight excluding hydrogens is 725 g/mol. The predicted octanol–water partition coefficient (Wildman–Crippen LogP) is 16.9. The smallest absolute Gasteiger partial charge is 0.0461 e. The Labute approximate surface area is 361 Å². The van der Waals surface area contributed by atoms with Crippen molar-refractivity contribution >= 4 is 34.1 Å². The summed E-state index contributed by atoms with van der Waals surface area (Å²) in [4.78, 5) is 4.90. The summed E-state index contributed by atoms with van der Waals surface area (Å²) in [6, 6.07) is 56.4. The van der Waals surface area contributed by atoms with E-state index in [0.717, 1.165) is 0 Å². The minimum absolute atomic E-state index is 0.147. The first kappa shape index (κ1) is 40.3. The molecule has 0 aromatic heterocycles. The Bertz CT molecular complexity index is 2050. The number of nitrogens with zero attached hydrogens (tertiary/aromatic N) is 2. The summed E-state index contributed by atoms with van der Waals surface area (Å²) >= 11 is 0. The van der Waals surface area contributed by atoms with Gasteiger partial charge in [-0.05, 0) is 156 Å². The lowest BCUT2D eigenvalue weighted by molar-refractivity contribution is -0.0641. The molecule has 6 aromatic rings. The molecule has 0 heterocycles. The summed E-state index contributed by atoms with van der Waals surface area (Å²) in [7, 11) is 0. The Kier molecular flexibility index (Phi) is 11.5. The van der Waals surface area contributed by atoms with E-state index < -0.39 is 0 Å². The van der Waals surface area contributed by atoms with E-state index in [4.69, 9.17) is 0 Å². The van der Waals surface area contributed by atoms with E-state index in [1.165, 1.54) is 153 Å². The average Bonchev–Trinajstić information content (AvgIpc) is 3.30. The molecule has 0 saturated heterocycles. The fourth-order valence-electron chi connectivity index (χ4n) is 12.5. The molecular formula is C58H66N2. The molecule has 3 aliphatic rings. The van der Waals surface area contributed by atoms with Gasteiger partial charge in [-0.25, -0.2) is 0 Å². The number of hydrogen-bond donors (Lipinski definition) is 0. The SMILES string of the molecule is Cc1ccc(N(c2ccc(C)cc2)c2ccc(C3(C4(C5(c6ccc(N(c7ccc(C)cc7)c7ccc(C)cc7)cc6)CCCCC5)CCCCC4)CCCCC3)cc2)cc1. The molecule has 3 aliphatic carbocycles. The first-order valence-corrected chi connectivity index (χ1v) is 23.4. The van der Waals surface area contributed by atoms with Crippen LogP contribution in [0.3, 0.4) is 0 Å². The number of aryl methyl sites for hydroxylation is 4. The van der Waals surface area contributed by atoms with E-state index >= 15 is 0 Å². The molecule has 0 amide bonds. The molecule has 0 spiro atoms. The first-order valence-electron chi connectivity index (χ1n) is 23.4. The van der Waals surface area contributed by atoms with Crippen LogP contribution in [0.2, 0.25) is 0 Å². The summed E-state index contributed by atoms with van der Waals surface area (Å²) in [5.74, 6) is 0. The van der Waals surface area contributed by atoms with Gasteiger partial charge in [0.05, 0.1) is 0 Å². The van der Waals surface area contributed by atoms with Crippen molar-refractivity contribution in [3.8, 4) is 0 Å². The van der Waals surface area contributed by atoms with Gasteiger partial charge in [-0.2, -0.15) is 0 Å². The Morgan fingerprint density at radius 2 is 0.483 bits per heavy atom. The summed E-state index contributed by atoms with van der Waals surface area (Å²) in [5.41, 5.74) is 16.2. The molecule has 0 atom stereocenters. The van der Waals surface area contributed by atoms with Gasteiger partial charge in [0, 0.05) is 45.0 Å². The van der Waals surface area contributed by atoms with Crippen molar-refractivity contribution in [1.29, 1.82) is 0 Å². The molecule has 0 radical (unpaired) electrons. The maximum Gasteiger partial charge on any atom is 0.0461 e. The summed E-state index contributed by atoms with van der Waals surface area (Å²) in [6.45, 7) is 8.72. The van der Waals surface area contributed by atoms with Gasteiger partial charge in [0.1, 0.15) is 0 Å². The van der Waals surface area contributed by atoms with Gasteiger partial charge in [0.15, 0.2) is 0 Å². The van der Waals surface area contributed by atoms with E-state index in [0.29, 0.717) is 0 Å². The average molecular weight is 791 g/mol. The maximum atomic E-state index is 2.59. The highest BCUT2D eigenvalue weighted by atomic mass is 15.1. The molecule has 6 aromatic carbocycles. The Morgan fingerprint density at radius 3 is 0.733 bits per heavy atom. The molecule has 0 aliphatic heterocycles. The van der Waals surface area contributed by atoms with Crippen LogP contribution in [0.1, 0.15) is 130 Å². The minimum Gasteiger partial charge on any atom is -0.311 e. The zero-order chi connectivity index (χ0) is 41.2. The van der Waals surface area contributed by atoms with Crippen molar-refractivity contribution in [2.75, 3.05) is 9.80 Å². The van der Waals surface area contributed by atoms with Gasteiger partial charge in [-0.15, -0.1) is 0 Å². The van der Waals surface area contributed by atoms with Crippen LogP contribution in [0, 0.1) is 33.1 Å². The molecule has 0 bridgehead atoms. The van der Waals surface area contributed by atoms with E-state index in [9.17, 15) is 0 Å². The number of anilines is 6. The van der Waals surface area contributed by atoms with Crippen LogP contribution in [-0.2, 0) is 10.8 Å². The van der Waals surface area contributed by atoms with Gasteiger partial charge < -0.3 is 9.80 Å². The van der Waals surface area contributed by atoms with Gasteiger partial charge in [-0.3, -0.25) is 0 Å². The second-order valence-electron chi connectivity index (χ2n) is 19.0. The molecule has 2 nitrogen and oxygen atoms in total.